The van der Waals surface area contributed by atoms with Crippen molar-refractivity contribution in [1.29, 1.82) is 0 Å². The highest BCUT2D eigenvalue weighted by atomic mass is 35.5. The molecule has 6 heteroatoms. The van der Waals surface area contributed by atoms with E-state index in [1.54, 1.807) is 12.1 Å². The van der Waals surface area contributed by atoms with Crippen molar-refractivity contribution in [2.75, 3.05) is 19.6 Å². The Labute approximate surface area is 117 Å². The second-order valence-electron chi connectivity index (χ2n) is 4.59. The maximum Gasteiger partial charge on any atom is 0.224 e. The fraction of sp³-hybridized carbons (Fsp3) is 0.462. The molecule has 1 amide bonds. The van der Waals surface area contributed by atoms with Crippen molar-refractivity contribution in [3.8, 4) is 0 Å². The molecule has 2 rings (SSSR count). The topological polar surface area (TPSA) is 61.4 Å². The van der Waals surface area contributed by atoms with Gasteiger partial charge in [0.1, 0.15) is 5.82 Å². The van der Waals surface area contributed by atoms with E-state index in [2.05, 4.69) is 10.6 Å². The van der Waals surface area contributed by atoms with Gasteiger partial charge in [-0.1, -0.05) is 12.1 Å². The van der Waals surface area contributed by atoms with Crippen LogP contribution < -0.4 is 10.6 Å². The molecule has 1 aliphatic rings. The summed E-state index contributed by atoms with van der Waals surface area (Å²) in [4.78, 5) is 11.7. The molecule has 0 radical (unpaired) electrons. The number of carbonyl (C=O) groups excluding carboxylic acids is 1. The Morgan fingerprint density at radius 3 is 2.63 bits per heavy atom. The molecule has 0 saturated carbocycles. The molecule has 4 nitrogen and oxygen atoms in total. The number of hydrogen-bond donors (Lipinski definition) is 3. The van der Waals surface area contributed by atoms with Crippen LogP contribution in [0.2, 0.25) is 0 Å². The number of aliphatic hydroxyl groups excluding tert-OH is 1. The standard InChI is InChI=1S/C13H17FN2O2.ClH/c14-11-3-1-9(2-4-11)5-13(18)16-7-10-6-15-8-12(10)17;/h1-4,10,12,15,17H,5-8H2,(H,16,18);1H. The van der Waals surface area contributed by atoms with E-state index in [0.717, 1.165) is 12.1 Å². The smallest absolute Gasteiger partial charge is 0.224 e. The van der Waals surface area contributed by atoms with E-state index in [4.69, 9.17) is 0 Å². The Morgan fingerprint density at radius 1 is 1.37 bits per heavy atom. The third kappa shape index (κ3) is 4.78. The number of carbonyl (C=O) groups is 1. The van der Waals surface area contributed by atoms with Crippen LogP contribution >= 0.6 is 12.4 Å². The van der Waals surface area contributed by atoms with Gasteiger partial charge in [0, 0.05) is 25.6 Å². The monoisotopic (exact) mass is 288 g/mol. The second kappa shape index (κ2) is 7.43. The number of rotatable bonds is 4. The summed E-state index contributed by atoms with van der Waals surface area (Å²) in [6.07, 6.45) is -0.160. The lowest BCUT2D eigenvalue weighted by molar-refractivity contribution is -0.120. The first kappa shape index (κ1) is 15.9. The SMILES string of the molecule is Cl.O=C(Cc1ccc(F)cc1)NCC1CNCC1O. The van der Waals surface area contributed by atoms with E-state index < -0.39 is 6.10 Å². The van der Waals surface area contributed by atoms with Crippen LogP contribution in [-0.2, 0) is 11.2 Å². The van der Waals surface area contributed by atoms with Crippen LogP contribution in [0.5, 0.6) is 0 Å². The zero-order valence-electron chi connectivity index (χ0n) is 10.4. The van der Waals surface area contributed by atoms with Crippen molar-refractivity contribution in [3.05, 3.63) is 35.6 Å². The van der Waals surface area contributed by atoms with Crippen LogP contribution in [0.25, 0.3) is 0 Å². The zero-order chi connectivity index (χ0) is 13.0. The van der Waals surface area contributed by atoms with Crippen LogP contribution in [0.15, 0.2) is 24.3 Å². The molecule has 1 aromatic carbocycles. The van der Waals surface area contributed by atoms with Gasteiger partial charge in [-0.05, 0) is 17.7 Å². The molecule has 2 atom stereocenters. The summed E-state index contributed by atoms with van der Waals surface area (Å²) in [5, 5.41) is 15.4. The third-order valence-electron chi connectivity index (χ3n) is 3.14. The van der Waals surface area contributed by atoms with E-state index in [1.807, 2.05) is 0 Å². The van der Waals surface area contributed by atoms with Crippen LogP contribution in [0.4, 0.5) is 4.39 Å². The summed E-state index contributed by atoms with van der Waals surface area (Å²) in [7, 11) is 0. The molecule has 1 heterocycles. The number of aliphatic hydroxyl groups is 1. The molecular formula is C13H18ClFN2O2. The quantitative estimate of drug-likeness (QED) is 0.755. The largest absolute Gasteiger partial charge is 0.391 e. The minimum atomic E-state index is -0.392. The van der Waals surface area contributed by atoms with Gasteiger partial charge < -0.3 is 15.7 Å². The maximum absolute atomic E-state index is 12.7. The van der Waals surface area contributed by atoms with E-state index in [9.17, 15) is 14.3 Å². The van der Waals surface area contributed by atoms with Gasteiger partial charge in [0.15, 0.2) is 0 Å². The fourth-order valence-corrected chi connectivity index (χ4v) is 2.02. The Bertz CT molecular complexity index is 414. The molecule has 106 valence electrons. The number of β-amino-alcohol motifs (C(OH)–C–C–N with tert-alkyl or cyclic N) is 1. The number of benzene rings is 1. The van der Waals surface area contributed by atoms with Crippen molar-refractivity contribution in [2.24, 2.45) is 5.92 Å². The van der Waals surface area contributed by atoms with Crippen LogP contribution in [0, 0.1) is 11.7 Å². The van der Waals surface area contributed by atoms with Crippen molar-refractivity contribution in [1.82, 2.24) is 10.6 Å². The first-order chi connectivity index (χ1) is 8.65. The lowest BCUT2D eigenvalue weighted by atomic mass is 10.1. The van der Waals surface area contributed by atoms with E-state index in [1.165, 1.54) is 12.1 Å². The van der Waals surface area contributed by atoms with Crippen molar-refractivity contribution in [2.45, 2.75) is 12.5 Å². The summed E-state index contributed by atoms with van der Waals surface area (Å²) in [5.41, 5.74) is 0.777. The molecule has 1 saturated heterocycles. The summed E-state index contributed by atoms with van der Waals surface area (Å²) >= 11 is 0. The van der Waals surface area contributed by atoms with Crippen molar-refractivity contribution in [3.63, 3.8) is 0 Å². The van der Waals surface area contributed by atoms with Crippen LogP contribution in [0.3, 0.4) is 0 Å². The first-order valence-corrected chi connectivity index (χ1v) is 6.05. The van der Waals surface area contributed by atoms with E-state index in [0.29, 0.717) is 13.1 Å². The normalized spacial score (nSPS) is 21.8. The minimum Gasteiger partial charge on any atom is -0.391 e. The van der Waals surface area contributed by atoms with Crippen LogP contribution in [0.1, 0.15) is 5.56 Å². The molecule has 0 aliphatic carbocycles. The average Bonchev–Trinajstić information content (AvgIpc) is 2.75. The maximum atomic E-state index is 12.7. The lowest BCUT2D eigenvalue weighted by Gasteiger charge is -2.14. The molecule has 1 aliphatic heterocycles. The first-order valence-electron chi connectivity index (χ1n) is 6.05. The van der Waals surface area contributed by atoms with Gasteiger partial charge in [-0.15, -0.1) is 12.4 Å². The molecule has 19 heavy (non-hydrogen) atoms. The average molecular weight is 289 g/mol. The van der Waals surface area contributed by atoms with Gasteiger partial charge in [-0.25, -0.2) is 4.39 Å². The fourth-order valence-electron chi connectivity index (χ4n) is 2.02. The van der Waals surface area contributed by atoms with Gasteiger partial charge >= 0.3 is 0 Å². The zero-order valence-corrected chi connectivity index (χ0v) is 11.3. The van der Waals surface area contributed by atoms with Crippen LogP contribution in [-0.4, -0.2) is 36.8 Å². The summed E-state index contributed by atoms with van der Waals surface area (Å²) in [6, 6.07) is 5.88. The molecule has 0 bridgehead atoms. The molecule has 1 aromatic rings. The Kier molecular flexibility index (Phi) is 6.21. The van der Waals surface area contributed by atoms with Gasteiger partial charge in [0.25, 0.3) is 0 Å². The van der Waals surface area contributed by atoms with E-state index >= 15 is 0 Å². The summed E-state index contributed by atoms with van der Waals surface area (Å²) in [6.45, 7) is 1.77. The highest BCUT2D eigenvalue weighted by Crippen LogP contribution is 2.07. The van der Waals surface area contributed by atoms with Gasteiger partial charge in [-0.3, -0.25) is 4.79 Å². The molecule has 1 fully saturated rings. The Hall–Kier alpha value is -1.17. The number of nitrogens with one attached hydrogen (secondary N) is 2. The number of hydrogen-bond acceptors (Lipinski definition) is 3. The summed E-state index contributed by atoms with van der Waals surface area (Å²) in [5.74, 6) is -0.345. The number of halogens is 2. The Balaban J connectivity index is 0.00000180. The number of amides is 1. The minimum absolute atomic E-state index is 0. The van der Waals surface area contributed by atoms with E-state index in [-0.39, 0.29) is 36.5 Å². The third-order valence-corrected chi connectivity index (χ3v) is 3.14. The Morgan fingerprint density at radius 2 is 2.05 bits per heavy atom. The predicted octanol–water partition coefficient (Wildman–Crippen LogP) is 0.486. The van der Waals surface area contributed by atoms with Crippen molar-refractivity contribution < 1.29 is 14.3 Å². The summed E-state index contributed by atoms with van der Waals surface area (Å²) < 4.78 is 12.7. The molecule has 0 spiro atoms. The molecule has 0 aromatic heterocycles. The highest BCUT2D eigenvalue weighted by Gasteiger charge is 2.24. The second-order valence-corrected chi connectivity index (χ2v) is 4.59. The molecular weight excluding hydrogens is 271 g/mol. The predicted molar refractivity (Wildman–Crippen MR) is 72.7 cm³/mol. The highest BCUT2D eigenvalue weighted by molar-refractivity contribution is 5.85. The van der Waals surface area contributed by atoms with Gasteiger partial charge in [-0.2, -0.15) is 0 Å². The molecule has 2 unspecified atom stereocenters. The lowest BCUT2D eigenvalue weighted by Crippen LogP contribution is -2.35. The van der Waals surface area contributed by atoms with Gasteiger partial charge in [0.05, 0.1) is 12.5 Å². The molecule has 3 N–H and O–H groups in total. The van der Waals surface area contributed by atoms with Crippen molar-refractivity contribution >= 4 is 18.3 Å². The van der Waals surface area contributed by atoms with Gasteiger partial charge in [0.2, 0.25) is 5.91 Å².